The Balaban J connectivity index is 1.82. The van der Waals surface area contributed by atoms with Crippen LogP contribution >= 0.6 is 0 Å². The van der Waals surface area contributed by atoms with Gasteiger partial charge >= 0.3 is 6.09 Å². The molecule has 0 spiro atoms. The number of aryl methyl sites for hydroxylation is 1. The number of hydrogen-bond donors (Lipinski definition) is 1. The summed E-state index contributed by atoms with van der Waals surface area (Å²) in [6.07, 6.45) is 1.85. The lowest BCUT2D eigenvalue weighted by Crippen LogP contribution is -2.44. The van der Waals surface area contributed by atoms with Crippen molar-refractivity contribution in [2.45, 2.75) is 58.7 Å². The van der Waals surface area contributed by atoms with Gasteiger partial charge in [-0.15, -0.1) is 0 Å². The zero-order valence-electron chi connectivity index (χ0n) is 14.1. The van der Waals surface area contributed by atoms with E-state index in [0.29, 0.717) is 0 Å². The van der Waals surface area contributed by atoms with Crippen LogP contribution < -0.4 is 5.32 Å². The van der Waals surface area contributed by atoms with Gasteiger partial charge in [0.05, 0.1) is 5.69 Å². The summed E-state index contributed by atoms with van der Waals surface area (Å²) < 4.78 is 5.48. The molecular weight excluding hydrogens is 278 g/mol. The third-order valence-corrected chi connectivity index (χ3v) is 3.64. The van der Waals surface area contributed by atoms with E-state index < -0.39 is 5.60 Å². The van der Waals surface area contributed by atoms with E-state index in [9.17, 15) is 4.79 Å². The molecule has 0 aliphatic carbocycles. The predicted octanol–water partition coefficient (Wildman–Crippen LogP) is 2.88. The number of rotatable bonds is 4. The van der Waals surface area contributed by atoms with E-state index in [1.165, 1.54) is 0 Å². The summed E-state index contributed by atoms with van der Waals surface area (Å²) in [6, 6.07) is 6.23. The van der Waals surface area contributed by atoms with Crippen molar-refractivity contribution in [2.75, 3.05) is 13.1 Å². The van der Waals surface area contributed by atoms with Crippen molar-refractivity contribution in [1.29, 1.82) is 0 Å². The number of likely N-dealkylation sites (tertiary alicyclic amines) is 1. The van der Waals surface area contributed by atoms with Gasteiger partial charge in [-0.25, -0.2) is 4.79 Å². The Labute approximate surface area is 133 Å². The molecule has 2 heterocycles. The first-order valence-corrected chi connectivity index (χ1v) is 7.98. The average molecular weight is 305 g/mol. The summed E-state index contributed by atoms with van der Waals surface area (Å²) in [5.74, 6) is 0. The summed E-state index contributed by atoms with van der Waals surface area (Å²) >= 11 is 0. The molecule has 1 fully saturated rings. The predicted molar refractivity (Wildman–Crippen MR) is 86.6 cm³/mol. The van der Waals surface area contributed by atoms with E-state index in [-0.39, 0.29) is 12.1 Å². The number of nitrogens with one attached hydrogen (secondary N) is 1. The number of aromatic nitrogens is 1. The zero-order valence-corrected chi connectivity index (χ0v) is 14.1. The van der Waals surface area contributed by atoms with Gasteiger partial charge in [-0.3, -0.25) is 4.98 Å². The smallest absolute Gasteiger partial charge is 0.410 e. The third kappa shape index (κ3) is 4.98. The van der Waals surface area contributed by atoms with Crippen LogP contribution in [0.15, 0.2) is 18.2 Å². The van der Waals surface area contributed by atoms with E-state index in [1.54, 1.807) is 0 Å². The highest BCUT2D eigenvalue weighted by atomic mass is 16.6. The SMILES string of the molecule is Cc1cccc(CNCC2CCCN2C(=O)OC(C)(C)C)n1. The highest BCUT2D eigenvalue weighted by Crippen LogP contribution is 2.20. The fraction of sp³-hybridized carbons (Fsp3) is 0.647. The van der Waals surface area contributed by atoms with Crippen LogP contribution in [0.25, 0.3) is 0 Å². The second kappa shape index (κ2) is 7.09. The molecule has 1 aliphatic heterocycles. The number of hydrogen-bond acceptors (Lipinski definition) is 4. The van der Waals surface area contributed by atoms with E-state index in [1.807, 2.05) is 50.8 Å². The van der Waals surface area contributed by atoms with Gasteiger partial charge in [-0.05, 0) is 52.7 Å². The fourth-order valence-corrected chi connectivity index (χ4v) is 2.67. The minimum atomic E-state index is -0.441. The Morgan fingerprint density at radius 3 is 2.91 bits per heavy atom. The highest BCUT2D eigenvalue weighted by Gasteiger charge is 2.31. The van der Waals surface area contributed by atoms with Crippen LogP contribution in [0, 0.1) is 6.92 Å². The molecule has 1 N–H and O–H groups in total. The summed E-state index contributed by atoms with van der Waals surface area (Å²) in [5, 5.41) is 3.41. The summed E-state index contributed by atoms with van der Waals surface area (Å²) in [4.78, 5) is 18.5. The number of pyridine rings is 1. The van der Waals surface area contributed by atoms with Crippen molar-refractivity contribution in [3.63, 3.8) is 0 Å². The van der Waals surface area contributed by atoms with Crippen LogP contribution in [0.3, 0.4) is 0 Å². The quantitative estimate of drug-likeness (QED) is 0.929. The van der Waals surface area contributed by atoms with Gasteiger partial charge < -0.3 is 15.0 Å². The maximum Gasteiger partial charge on any atom is 0.410 e. The topological polar surface area (TPSA) is 54.5 Å². The van der Waals surface area contributed by atoms with E-state index in [0.717, 1.165) is 43.9 Å². The first kappa shape index (κ1) is 16.7. The number of amides is 1. The minimum Gasteiger partial charge on any atom is -0.444 e. The third-order valence-electron chi connectivity index (χ3n) is 3.64. The van der Waals surface area contributed by atoms with Crippen molar-refractivity contribution < 1.29 is 9.53 Å². The molecule has 1 aromatic rings. The van der Waals surface area contributed by atoms with Gasteiger partial charge in [0.2, 0.25) is 0 Å². The van der Waals surface area contributed by atoms with E-state index >= 15 is 0 Å². The van der Waals surface area contributed by atoms with E-state index in [4.69, 9.17) is 4.74 Å². The molecule has 1 amide bonds. The molecule has 2 rings (SSSR count). The monoisotopic (exact) mass is 305 g/mol. The molecule has 122 valence electrons. The number of carbonyl (C=O) groups excluding carboxylic acids is 1. The van der Waals surface area contributed by atoms with Crippen LogP contribution in [0.4, 0.5) is 4.79 Å². The van der Waals surface area contributed by atoms with Crippen LogP contribution in [0.5, 0.6) is 0 Å². The van der Waals surface area contributed by atoms with Gasteiger partial charge in [-0.2, -0.15) is 0 Å². The fourth-order valence-electron chi connectivity index (χ4n) is 2.67. The molecule has 22 heavy (non-hydrogen) atoms. The van der Waals surface area contributed by atoms with Gasteiger partial charge in [0, 0.05) is 31.4 Å². The molecule has 5 heteroatoms. The van der Waals surface area contributed by atoms with Gasteiger partial charge in [0.1, 0.15) is 5.60 Å². The Hall–Kier alpha value is -1.62. The van der Waals surface area contributed by atoms with E-state index in [2.05, 4.69) is 10.3 Å². The zero-order chi connectivity index (χ0) is 16.2. The number of carbonyl (C=O) groups is 1. The molecule has 0 aromatic carbocycles. The standard InChI is InChI=1S/C17H27N3O2/c1-13-7-5-8-14(19-13)11-18-12-15-9-6-10-20(15)16(21)22-17(2,3)4/h5,7-8,15,18H,6,9-12H2,1-4H3. The lowest BCUT2D eigenvalue weighted by molar-refractivity contribution is 0.0226. The molecule has 1 unspecified atom stereocenters. The maximum absolute atomic E-state index is 12.2. The highest BCUT2D eigenvalue weighted by molar-refractivity contribution is 5.69. The van der Waals surface area contributed by atoms with Crippen molar-refractivity contribution in [1.82, 2.24) is 15.2 Å². The molecule has 5 nitrogen and oxygen atoms in total. The first-order valence-electron chi connectivity index (χ1n) is 7.98. The second-order valence-corrected chi connectivity index (χ2v) is 6.87. The Bertz CT molecular complexity index is 511. The first-order chi connectivity index (χ1) is 10.3. The lowest BCUT2D eigenvalue weighted by atomic mass is 10.2. The molecule has 0 radical (unpaired) electrons. The van der Waals surface area contributed by atoms with Crippen molar-refractivity contribution in [3.05, 3.63) is 29.6 Å². The average Bonchev–Trinajstić information content (AvgIpc) is 2.85. The van der Waals surface area contributed by atoms with Crippen LogP contribution in [0.1, 0.15) is 45.0 Å². The van der Waals surface area contributed by atoms with Crippen LogP contribution in [0.2, 0.25) is 0 Å². The normalized spacial score (nSPS) is 18.5. The largest absolute Gasteiger partial charge is 0.444 e. The number of nitrogens with zero attached hydrogens (tertiary/aromatic N) is 2. The number of ether oxygens (including phenoxy) is 1. The Morgan fingerprint density at radius 1 is 1.45 bits per heavy atom. The molecular formula is C17H27N3O2. The maximum atomic E-state index is 12.2. The summed E-state index contributed by atoms with van der Waals surface area (Å²) in [7, 11) is 0. The molecule has 1 aromatic heterocycles. The molecule has 1 saturated heterocycles. The Kier molecular flexibility index (Phi) is 5.40. The summed E-state index contributed by atoms with van der Waals surface area (Å²) in [5.41, 5.74) is 1.61. The van der Waals surface area contributed by atoms with Crippen LogP contribution in [-0.4, -0.2) is 40.7 Å². The summed E-state index contributed by atoms with van der Waals surface area (Å²) in [6.45, 7) is 9.97. The van der Waals surface area contributed by atoms with Crippen molar-refractivity contribution >= 4 is 6.09 Å². The van der Waals surface area contributed by atoms with Gasteiger partial charge in [0.15, 0.2) is 0 Å². The molecule has 1 atom stereocenters. The minimum absolute atomic E-state index is 0.203. The van der Waals surface area contributed by atoms with Crippen molar-refractivity contribution in [3.8, 4) is 0 Å². The molecule has 0 saturated carbocycles. The lowest BCUT2D eigenvalue weighted by Gasteiger charge is -2.28. The van der Waals surface area contributed by atoms with Gasteiger partial charge in [0.25, 0.3) is 0 Å². The van der Waals surface area contributed by atoms with Gasteiger partial charge in [-0.1, -0.05) is 6.07 Å². The molecule has 0 bridgehead atoms. The van der Waals surface area contributed by atoms with Crippen molar-refractivity contribution in [2.24, 2.45) is 0 Å². The second-order valence-electron chi connectivity index (χ2n) is 6.87. The van der Waals surface area contributed by atoms with Crippen LogP contribution in [-0.2, 0) is 11.3 Å². The Morgan fingerprint density at radius 2 is 2.23 bits per heavy atom. The molecule has 1 aliphatic rings.